The van der Waals surface area contributed by atoms with Crippen LogP contribution in [0, 0.1) is 18.7 Å². The van der Waals surface area contributed by atoms with Crippen LogP contribution in [0.4, 0.5) is 10.1 Å². The SMILES string of the molecule is Cc1cn(-c2nccc3[nH]c(-c4n[nH]c5ccc(-c6cncc(NC(O)C7CCC7)c6)c(F)c45)nc23)cn1. The molecule has 1 saturated carbocycles. The first kappa shape index (κ1) is 22.5. The molecule has 0 radical (unpaired) electrons. The summed E-state index contributed by atoms with van der Waals surface area (Å²) in [6.07, 6.45) is 11.0. The van der Waals surface area contributed by atoms with Gasteiger partial charge in [-0.1, -0.05) is 6.42 Å². The fraction of sp³-hybridized carbons (Fsp3) is 0.222. The zero-order valence-electron chi connectivity index (χ0n) is 20.5. The summed E-state index contributed by atoms with van der Waals surface area (Å²) in [7, 11) is 0. The zero-order valence-corrected chi connectivity index (χ0v) is 20.5. The van der Waals surface area contributed by atoms with Crippen molar-refractivity contribution in [2.75, 3.05) is 5.32 Å². The Balaban J connectivity index is 1.29. The van der Waals surface area contributed by atoms with Crippen LogP contribution in [0.25, 0.3) is 50.4 Å². The van der Waals surface area contributed by atoms with Gasteiger partial charge in [0, 0.05) is 35.6 Å². The van der Waals surface area contributed by atoms with Crippen molar-refractivity contribution in [3.8, 4) is 28.5 Å². The van der Waals surface area contributed by atoms with Gasteiger partial charge in [-0.3, -0.25) is 14.6 Å². The molecule has 1 aromatic carbocycles. The molecule has 5 heterocycles. The van der Waals surface area contributed by atoms with E-state index in [0.29, 0.717) is 50.6 Å². The molecule has 6 aromatic rings. The quantitative estimate of drug-likeness (QED) is 0.239. The highest BCUT2D eigenvalue weighted by molar-refractivity contribution is 5.97. The number of aliphatic hydroxyl groups is 1. The minimum absolute atomic E-state index is 0.234. The van der Waals surface area contributed by atoms with Crippen LogP contribution in [0.5, 0.6) is 0 Å². The maximum Gasteiger partial charge on any atom is 0.166 e. The highest BCUT2D eigenvalue weighted by Gasteiger charge is 2.26. The number of imidazole rings is 2. The Morgan fingerprint density at radius 2 is 2.05 bits per heavy atom. The second-order valence-corrected chi connectivity index (χ2v) is 9.70. The number of aromatic nitrogens is 8. The van der Waals surface area contributed by atoms with Gasteiger partial charge in [0.25, 0.3) is 0 Å². The minimum Gasteiger partial charge on any atom is -0.374 e. The molecular formula is C27H24FN9O. The standard InChI is InChI=1S/C27H24FN9O/c1-14-12-37(13-31-14)26-23-20(7-8-30-26)33-25(34-23)24-21-19(35-36-24)6-5-18(22(21)28)16-9-17(11-29-10-16)32-27(38)15-3-2-4-15/h5-13,15,27,32,38H,2-4H2,1H3,(H,33,34)(H,35,36). The van der Waals surface area contributed by atoms with E-state index >= 15 is 4.39 Å². The van der Waals surface area contributed by atoms with Crippen molar-refractivity contribution in [1.82, 2.24) is 39.7 Å². The van der Waals surface area contributed by atoms with Crippen molar-refractivity contribution >= 4 is 27.6 Å². The van der Waals surface area contributed by atoms with Gasteiger partial charge in [-0.05, 0) is 44.0 Å². The molecule has 5 aromatic heterocycles. The molecule has 1 atom stereocenters. The van der Waals surface area contributed by atoms with Crippen LogP contribution in [-0.4, -0.2) is 51.0 Å². The predicted molar refractivity (Wildman–Crippen MR) is 141 cm³/mol. The van der Waals surface area contributed by atoms with Gasteiger partial charge in [-0.25, -0.2) is 19.3 Å². The summed E-state index contributed by atoms with van der Waals surface area (Å²) in [5, 5.41) is 21.2. The highest BCUT2D eigenvalue weighted by atomic mass is 19.1. The molecule has 10 nitrogen and oxygen atoms in total. The van der Waals surface area contributed by atoms with E-state index in [9.17, 15) is 5.11 Å². The molecule has 1 unspecified atom stereocenters. The van der Waals surface area contributed by atoms with Gasteiger partial charge in [-0.15, -0.1) is 0 Å². The minimum atomic E-state index is -0.646. The van der Waals surface area contributed by atoms with Gasteiger partial charge in [0.2, 0.25) is 0 Å². The topological polar surface area (TPSA) is 133 Å². The van der Waals surface area contributed by atoms with Gasteiger partial charge in [0.15, 0.2) is 11.6 Å². The lowest BCUT2D eigenvalue weighted by molar-refractivity contribution is 0.0851. The van der Waals surface area contributed by atoms with E-state index in [4.69, 9.17) is 4.98 Å². The van der Waals surface area contributed by atoms with Crippen LogP contribution in [0.3, 0.4) is 0 Å². The second-order valence-electron chi connectivity index (χ2n) is 9.70. The third-order valence-electron chi connectivity index (χ3n) is 7.19. The number of aliphatic hydroxyl groups excluding tert-OH is 1. The molecule has 190 valence electrons. The van der Waals surface area contributed by atoms with E-state index in [1.807, 2.05) is 19.2 Å². The number of aryl methyl sites for hydroxylation is 1. The number of hydrogen-bond donors (Lipinski definition) is 4. The molecule has 0 aliphatic heterocycles. The largest absolute Gasteiger partial charge is 0.374 e. The number of fused-ring (bicyclic) bond motifs is 2. The van der Waals surface area contributed by atoms with Crippen LogP contribution >= 0.6 is 0 Å². The molecule has 4 N–H and O–H groups in total. The lowest BCUT2D eigenvalue weighted by Crippen LogP contribution is -2.33. The maximum absolute atomic E-state index is 16.1. The normalized spacial score (nSPS) is 14.7. The second kappa shape index (κ2) is 8.73. The van der Waals surface area contributed by atoms with Crippen LogP contribution < -0.4 is 5.32 Å². The fourth-order valence-corrected chi connectivity index (χ4v) is 4.94. The Labute approximate surface area is 216 Å². The number of pyridine rings is 2. The summed E-state index contributed by atoms with van der Waals surface area (Å²) in [5.74, 6) is 0.836. The van der Waals surface area contributed by atoms with E-state index in [-0.39, 0.29) is 5.92 Å². The van der Waals surface area contributed by atoms with Crippen LogP contribution in [0.2, 0.25) is 0 Å². The van der Waals surface area contributed by atoms with Crippen molar-refractivity contribution < 1.29 is 9.50 Å². The third-order valence-corrected chi connectivity index (χ3v) is 7.19. The lowest BCUT2D eigenvalue weighted by atomic mass is 9.84. The number of halogens is 1. The van der Waals surface area contributed by atoms with Crippen molar-refractivity contribution in [3.05, 3.63) is 66.9 Å². The number of anilines is 1. The molecule has 0 bridgehead atoms. The number of hydrogen-bond acceptors (Lipinski definition) is 7. The van der Waals surface area contributed by atoms with Gasteiger partial charge >= 0.3 is 0 Å². The van der Waals surface area contributed by atoms with Gasteiger partial charge in [-0.2, -0.15) is 5.10 Å². The van der Waals surface area contributed by atoms with E-state index in [0.717, 1.165) is 30.5 Å². The number of nitrogens with zero attached hydrogens (tertiary/aromatic N) is 6. The first-order valence-corrected chi connectivity index (χ1v) is 12.5. The van der Waals surface area contributed by atoms with Crippen LogP contribution in [0.1, 0.15) is 25.0 Å². The van der Waals surface area contributed by atoms with E-state index in [2.05, 4.69) is 35.5 Å². The predicted octanol–water partition coefficient (Wildman–Crippen LogP) is 4.73. The molecule has 0 amide bonds. The highest BCUT2D eigenvalue weighted by Crippen LogP contribution is 2.35. The summed E-state index contributed by atoms with van der Waals surface area (Å²) < 4.78 is 17.9. The lowest BCUT2D eigenvalue weighted by Gasteiger charge is -2.31. The van der Waals surface area contributed by atoms with E-state index in [1.165, 1.54) is 0 Å². The Bertz CT molecular complexity index is 1800. The smallest absolute Gasteiger partial charge is 0.166 e. The van der Waals surface area contributed by atoms with Crippen molar-refractivity contribution in [2.45, 2.75) is 32.4 Å². The van der Waals surface area contributed by atoms with Gasteiger partial charge in [0.05, 0.1) is 34.0 Å². The molecule has 1 aliphatic carbocycles. The molecule has 1 fully saturated rings. The number of aromatic amines is 2. The summed E-state index contributed by atoms with van der Waals surface area (Å²) in [4.78, 5) is 21.0. The van der Waals surface area contributed by atoms with E-state index in [1.54, 1.807) is 47.7 Å². The molecule has 1 aliphatic rings. The Morgan fingerprint density at radius 1 is 1.16 bits per heavy atom. The average molecular weight is 510 g/mol. The summed E-state index contributed by atoms with van der Waals surface area (Å²) >= 11 is 0. The first-order valence-electron chi connectivity index (χ1n) is 12.5. The number of benzene rings is 1. The molecule has 11 heteroatoms. The third kappa shape index (κ3) is 3.70. The van der Waals surface area contributed by atoms with Crippen molar-refractivity contribution in [3.63, 3.8) is 0 Å². The van der Waals surface area contributed by atoms with Gasteiger partial charge in [0.1, 0.15) is 29.6 Å². The molecule has 0 saturated heterocycles. The van der Waals surface area contributed by atoms with Crippen LogP contribution in [-0.2, 0) is 0 Å². The summed E-state index contributed by atoms with van der Waals surface area (Å²) in [6, 6.07) is 7.10. The molecule has 7 rings (SSSR count). The Hall–Kier alpha value is -4.64. The van der Waals surface area contributed by atoms with Crippen molar-refractivity contribution in [1.29, 1.82) is 0 Å². The maximum atomic E-state index is 16.1. The average Bonchev–Trinajstić information content (AvgIpc) is 3.61. The first-order chi connectivity index (χ1) is 18.5. The zero-order chi connectivity index (χ0) is 25.8. The number of nitrogens with one attached hydrogen (secondary N) is 3. The van der Waals surface area contributed by atoms with E-state index < -0.39 is 12.0 Å². The fourth-order valence-electron chi connectivity index (χ4n) is 4.94. The Kier molecular flexibility index (Phi) is 5.18. The number of H-pyrrole nitrogens is 2. The Morgan fingerprint density at radius 3 is 2.84 bits per heavy atom. The van der Waals surface area contributed by atoms with Crippen LogP contribution in [0.15, 0.2) is 55.4 Å². The molecule has 0 spiro atoms. The summed E-state index contributed by atoms with van der Waals surface area (Å²) in [6.45, 7) is 1.90. The summed E-state index contributed by atoms with van der Waals surface area (Å²) in [5.41, 5.74) is 4.76. The monoisotopic (exact) mass is 509 g/mol. The molecular weight excluding hydrogens is 485 g/mol. The van der Waals surface area contributed by atoms with Gasteiger partial charge < -0.3 is 15.4 Å². The molecule has 38 heavy (non-hydrogen) atoms. The number of rotatable bonds is 6. The van der Waals surface area contributed by atoms with Crippen molar-refractivity contribution in [2.24, 2.45) is 5.92 Å².